The molecule has 0 fully saturated rings. The van der Waals surface area contributed by atoms with E-state index in [-0.39, 0.29) is 0 Å². The van der Waals surface area contributed by atoms with Gasteiger partial charge in [-0.15, -0.1) is 0 Å². The lowest BCUT2D eigenvalue weighted by molar-refractivity contribution is -0.617. The van der Waals surface area contributed by atoms with Gasteiger partial charge < -0.3 is 0 Å². The Bertz CT molecular complexity index is 1360. The number of imidazole rings is 1. The van der Waals surface area contributed by atoms with Crippen molar-refractivity contribution < 1.29 is 4.57 Å². The number of hydrogen-bond acceptors (Lipinski definition) is 1. The van der Waals surface area contributed by atoms with Crippen LogP contribution in [0.3, 0.4) is 0 Å². The van der Waals surface area contributed by atoms with Gasteiger partial charge in [-0.05, 0) is 61.2 Å². The third-order valence-electron chi connectivity index (χ3n) is 5.83. The summed E-state index contributed by atoms with van der Waals surface area (Å²) < 4.78 is 4.72. The first-order valence-electron chi connectivity index (χ1n) is 9.78. The summed E-state index contributed by atoms with van der Waals surface area (Å²) in [5.74, 6) is 0. The Labute approximate surface area is 158 Å². The van der Waals surface area contributed by atoms with E-state index >= 15 is 0 Å². The van der Waals surface area contributed by atoms with Crippen LogP contribution in [-0.4, -0.2) is 9.38 Å². The van der Waals surface area contributed by atoms with E-state index in [0.29, 0.717) is 0 Å². The zero-order valence-electron chi connectivity index (χ0n) is 16.4. The van der Waals surface area contributed by atoms with Crippen molar-refractivity contribution >= 4 is 38.5 Å². The molecule has 0 aliphatic heterocycles. The standard InChI is InChI=1S/C24H24N3/c1-5-16-11-12-19-18(14-16)23-22(15(3)13-17(6-2)25-23)24-26(4)20-9-7-8-10-21(20)27(19)24/h7-14H,5-6H2,1-4H3/q+1. The van der Waals surface area contributed by atoms with Crippen molar-refractivity contribution in [1.29, 1.82) is 0 Å². The van der Waals surface area contributed by atoms with Crippen LogP contribution >= 0.6 is 0 Å². The van der Waals surface area contributed by atoms with Gasteiger partial charge >= 0.3 is 0 Å². The van der Waals surface area contributed by atoms with Gasteiger partial charge in [0, 0.05) is 11.1 Å². The number of rotatable bonds is 2. The number of aromatic nitrogens is 3. The highest BCUT2D eigenvalue weighted by Gasteiger charge is 2.25. The first kappa shape index (κ1) is 16.2. The minimum atomic E-state index is 0.950. The minimum absolute atomic E-state index is 0.950. The normalized spacial score (nSPS) is 12.0. The van der Waals surface area contributed by atoms with Gasteiger partial charge in [-0.3, -0.25) is 4.98 Å². The van der Waals surface area contributed by atoms with Crippen molar-refractivity contribution in [3.05, 3.63) is 65.4 Å². The summed E-state index contributed by atoms with van der Waals surface area (Å²) in [7, 11) is 2.16. The molecule has 0 saturated carbocycles. The molecule has 0 unspecified atom stereocenters. The molecule has 134 valence electrons. The molecule has 5 rings (SSSR count). The molecule has 3 heteroatoms. The third-order valence-corrected chi connectivity index (χ3v) is 5.83. The first-order valence-corrected chi connectivity index (χ1v) is 9.78. The molecule has 3 aromatic heterocycles. The van der Waals surface area contributed by atoms with Crippen LogP contribution in [0.15, 0.2) is 48.5 Å². The molecule has 0 aliphatic carbocycles. The van der Waals surface area contributed by atoms with Crippen molar-refractivity contribution in [2.24, 2.45) is 7.05 Å². The van der Waals surface area contributed by atoms with Crippen molar-refractivity contribution in [2.45, 2.75) is 33.6 Å². The highest BCUT2D eigenvalue weighted by Crippen LogP contribution is 2.33. The molecule has 0 bridgehead atoms. The highest BCUT2D eigenvalue weighted by molar-refractivity contribution is 6.12. The number of hydrogen-bond donors (Lipinski definition) is 0. The van der Waals surface area contributed by atoms with Crippen molar-refractivity contribution in [1.82, 2.24) is 9.38 Å². The number of aryl methyl sites for hydroxylation is 4. The Morgan fingerprint density at radius 2 is 1.78 bits per heavy atom. The average Bonchev–Trinajstić information content (AvgIpc) is 3.00. The number of para-hydroxylation sites is 2. The molecule has 2 aromatic carbocycles. The SMILES string of the molecule is CCc1ccc2c(c1)c1nc(CC)cc(C)c1c1n2c2ccccc2[n+]1C. The second-order valence-electron chi connectivity index (χ2n) is 7.42. The minimum Gasteiger partial charge on any atom is -0.252 e. The fourth-order valence-corrected chi connectivity index (χ4v) is 4.43. The maximum absolute atomic E-state index is 5.09. The van der Waals surface area contributed by atoms with Crippen molar-refractivity contribution in [2.75, 3.05) is 0 Å². The Kier molecular flexibility index (Phi) is 3.48. The number of fused-ring (bicyclic) bond motifs is 8. The molecule has 0 spiro atoms. The van der Waals surface area contributed by atoms with Crippen LogP contribution in [0.5, 0.6) is 0 Å². The molecule has 0 saturated heterocycles. The van der Waals surface area contributed by atoms with Crippen LogP contribution in [0, 0.1) is 6.92 Å². The van der Waals surface area contributed by atoms with Crippen molar-refractivity contribution in [3.8, 4) is 0 Å². The summed E-state index contributed by atoms with van der Waals surface area (Å²) in [5.41, 5.74) is 9.86. The Morgan fingerprint density at radius 1 is 0.963 bits per heavy atom. The molecule has 0 aliphatic rings. The number of benzene rings is 2. The molecular weight excluding hydrogens is 330 g/mol. The van der Waals surface area contributed by atoms with Crippen LogP contribution in [-0.2, 0) is 19.9 Å². The number of pyridine rings is 2. The van der Waals surface area contributed by atoms with E-state index in [1.165, 1.54) is 44.1 Å². The largest absolute Gasteiger partial charge is 0.297 e. The van der Waals surface area contributed by atoms with Gasteiger partial charge in [0.25, 0.3) is 5.65 Å². The lowest BCUT2D eigenvalue weighted by Crippen LogP contribution is -2.27. The zero-order valence-corrected chi connectivity index (χ0v) is 16.4. The molecule has 0 N–H and O–H groups in total. The quantitative estimate of drug-likeness (QED) is 0.321. The summed E-state index contributed by atoms with van der Waals surface area (Å²) in [6.45, 7) is 6.61. The van der Waals surface area contributed by atoms with Crippen molar-refractivity contribution in [3.63, 3.8) is 0 Å². The molecule has 3 nitrogen and oxygen atoms in total. The summed E-state index contributed by atoms with van der Waals surface area (Å²) >= 11 is 0. The van der Waals surface area contributed by atoms with E-state index in [9.17, 15) is 0 Å². The topological polar surface area (TPSA) is 21.2 Å². The Hall–Kier alpha value is -2.94. The molecular formula is C24H24N3+. The van der Waals surface area contributed by atoms with Gasteiger partial charge in [0.1, 0.15) is 5.52 Å². The summed E-state index contributed by atoms with van der Waals surface area (Å²) in [6, 6.07) is 17.7. The summed E-state index contributed by atoms with van der Waals surface area (Å²) in [5, 5.41) is 2.50. The average molecular weight is 354 g/mol. The smallest absolute Gasteiger partial charge is 0.252 e. The van der Waals surface area contributed by atoms with Gasteiger partial charge in [-0.2, -0.15) is 4.40 Å². The van der Waals surface area contributed by atoms with Crippen LogP contribution in [0.25, 0.3) is 38.5 Å². The number of nitrogens with zero attached hydrogens (tertiary/aromatic N) is 3. The Balaban J connectivity index is 2.18. The maximum atomic E-state index is 5.09. The molecule has 3 heterocycles. The molecule has 0 amide bonds. The van der Waals surface area contributed by atoms with E-state index in [1.807, 2.05) is 0 Å². The molecule has 27 heavy (non-hydrogen) atoms. The monoisotopic (exact) mass is 354 g/mol. The van der Waals surface area contributed by atoms with Crippen LogP contribution < -0.4 is 4.57 Å². The lowest BCUT2D eigenvalue weighted by atomic mass is 10.0. The van der Waals surface area contributed by atoms with Gasteiger partial charge in [0.05, 0.1) is 18.0 Å². The molecule has 5 aromatic rings. The van der Waals surface area contributed by atoms with Gasteiger partial charge in [-0.25, -0.2) is 4.57 Å². The fourth-order valence-electron chi connectivity index (χ4n) is 4.43. The predicted octanol–water partition coefficient (Wildman–Crippen LogP) is 5.05. The van der Waals surface area contributed by atoms with Crippen LogP contribution in [0.4, 0.5) is 0 Å². The molecule has 0 radical (unpaired) electrons. The van der Waals surface area contributed by atoms with E-state index in [4.69, 9.17) is 4.98 Å². The third kappa shape index (κ3) is 2.14. The van der Waals surface area contributed by atoms with Gasteiger partial charge in [-0.1, -0.05) is 32.0 Å². The predicted molar refractivity (Wildman–Crippen MR) is 112 cm³/mol. The van der Waals surface area contributed by atoms with E-state index in [2.05, 4.69) is 85.3 Å². The fraction of sp³-hybridized carbons (Fsp3) is 0.250. The van der Waals surface area contributed by atoms with Crippen LogP contribution in [0.1, 0.15) is 30.7 Å². The van der Waals surface area contributed by atoms with E-state index < -0.39 is 0 Å². The highest BCUT2D eigenvalue weighted by atomic mass is 15.1. The lowest BCUT2D eigenvalue weighted by Gasteiger charge is -2.09. The zero-order chi connectivity index (χ0) is 18.7. The summed E-state index contributed by atoms with van der Waals surface area (Å²) in [4.78, 5) is 5.09. The van der Waals surface area contributed by atoms with Crippen LogP contribution in [0.2, 0.25) is 0 Å². The van der Waals surface area contributed by atoms with Gasteiger partial charge in [0.15, 0.2) is 11.0 Å². The molecule has 0 atom stereocenters. The second kappa shape index (κ2) is 5.78. The first-order chi connectivity index (χ1) is 13.1. The second-order valence-corrected chi connectivity index (χ2v) is 7.42. The van der Waals surface area contributed by atoms with E-state index in [0.717, 1.165) is 24.1 Å². The Morgan fingerprint density at radius 3 is 2.56 bits per heavy atom. The maximum Gasteiger partial charge on any atom is 0.297 e. The van der Waals surface area contributed by atoms with E-state index in [1.54, 1.807) is 0 Å². The van der Waals surface area contributed by atoms with Gasteiger partial charge in [0.2, 0.25) is 0 Å². The summed E-state index contributed by atoms with van der Waals surface area (Å²) in [6.07, 6.45) is 1.98.